The zero-order valence-corrected chi connectivity index (χ0v) is 32.2. The Hall–Kier alpha value is -6.94. The van der Waals surface area contributed by atoms with Crippen LogP contribution in [0.1, 0.15) is 23.6 Å². The van der Waals surface area contributed by atoms with Crippen molar-refractivity contribution in [2.75, 3.05) is 0 Å². The van der Waals surface area contributed by atoms with E-state index in [0.29, 0.717) is 5.82 Å². The van der Waals surface area contributed by atoms with Gasteiger partial charge >= 0.3 is 0 Å². The van der Waals surface area contributed by atoms with Gasteiger partial charge in [-0.1, -0.05) is 158 Å². The number of hydrogen-bond acceptors (Lipinski definition) is 3. The molecule has 0 aliphatic heterocycles. The van der Waals surface area contributed by atoms with Crippen molar-refractivity contribution in [3.63, 3.8) is 0 Å². The van der Waals surface area contributed by atoms with Crippen LogP contribution in [-0.2, 0) is 5.41 Å². The summed E-state index contributed by atoms with van der Waals surface area (Å²) in [5.41, 5.74) is 15.9. The summed E-state index contributed by atoms with van der Waals surface area (Å²) in [6, 6.07) is 72.3. The first-order valence-electron chi connectivity index (χ1n) is 19.5. The van der Waals surface area contributed by atoms with Gasteiger partial charge in [-0.25, -0.2) is 9.97 Å². The number of fused-ring (bicyclic) bond motifs is 6. The predicted molar refractivity (Wildman–Crippen MR) is 240 cm³/mol. The maximum absolute atomic E-state index is 5.21. The lowest BCUT2D eigenvalue weighted by atomic mass is 9.74. The number of nitrogens with zero attached hydrogens (tertiary/aromatic N) is 2. The average molecular weight is 745 g/mol. The summed E-state index contributed by atoms with van der Waals surface area (Å²) in [5.74, 6) is 0.707. The maximum Gasteiger partial charge on any atom is 0.160 e. The molecule has 0 spiro atoms. The van der Waals surface area contributed by atoms with E-state index in [-0.39, 0.29) is 5.41 Å². The molecule has 1 atom stereocenters. The van der Waals surface area contributed by atoms with Crippen LogP contribution in [0.4, 0.5) is 0 Å². The van der Waals surface area contributed by atoms with Gasteiger partial charge in [-0.05, 0) is 99.5 Å². The number of hydrogen-bond donors (Lipinski definition) is 0. The molecule has 0 saturated carbocycles. The molecule has 8 aromatic carbocycles. The van der Waals surface area contributed by atoms with Crippen molar-refractivity contribution >= 4 is 31.5 Å². The van der Waals surface area contributed by atoms with E-state index >= 15 is 0 Å². The molecule has 57 heavy (non-hydrogen) atoms. The van der Waals surface area contributed by atoms with Gasteiger partial charge in [0.05, 0.1) is 11.4 Å². The Morgan fingerprint density at radius 2 is 0.912 bits per heavy atom. The Morgan fingerprint density at radius 1 is 0.368 bits per heavy atom. The molecule has 0 bridgehead atoms. The van der Waals surface area contributed by atoms with E-state index < -0.39 is 0 Å². The Kier molecular flexibility index (Phi) is 7.84. The Labute approximate surface area is 336 Å². The van der Waals surface area contributed by atoms with Gasteiger partial charge < -0.3 is 0 Å². The lowest BCUT2D eigenvalue weighted by Crippen LogP contribution is -2.22. The third-order valence-electron chi connectivity index (χ3n) is 11.8. The molecule has 0 N–H and O–H groups in total. The van der Waals surface area contributed by atoms with Crippen LogP contribution >= 0.6 is 11.3 Å². The second-order valence-electron chi connectivity index (χ2n) is 15.1. The molecular formula is C54H36N2S. The van der Waals surface area contributed by atoms with Crippen molar-refractivity contribution in [2.24, 2.45) is 0 Å². The van der Waals surface area contributed by atoms with Gasteiger partial charge in [-0.15, -0.1) is 11.3 Å². The molecule has 0 radical (unpaired) electrons. The number of thiophene rings is 1. The van der Waals surface area contributed by atoms with Crippen LogP contribution in [-0.4, -0.2) is 9.97 Å². The number of aromatic nitrogens is 2. The minimum atomic E-state index is -0.259. The fourth-order valence-electron chi connectivity index (χ4n) is 8.84. The second kappa shape index (κ2) is 13.4. The summed E-state index contributed by atoms with van der Waals surface area (Å²) in [5, 5.41) is 2.60. The van der Waals surface area contributed by atoms with E-state index in [1.165, 1.54) is 59.1 Å². The van der Waals surface area contributed by atoms with Crippen LogP contribution in [0.3, 0.4) is 0 Å². The van der Waals surface area contributed by atoms with E-state index in [1.54, 1.807) is 0 Å². The first-order chi connectivity index (χ1) is 28.1. The molecule has 268 valence electrons. The molecule has 0 fully saturated rings. The minimum absolute atomic E-state index is 0.259. The molecule has 2 aromatic heterocycles. The summed E-state index contributed by atoms with van der Waals surface area (Å²) < 4.78 is 2.62. The lowest BCUT2D eigenvalue weighted by Gasteiger charge is -2.28. The van der Waals surface area contributed by atoms with Crippen molar-refractivity contribution in [3.05, 3.63) is 217 Å². The van der Waals surface area contributed by atoms with Gasteiger partial charge in [0, 0.05) is 42.3 Å². The normalized spacial score (nSPS) is 14.5. The molecule has 0 amide bonds. The van der Waals surface area contributed by atoms with Crippen molar-refractivity contribution < 1.29 is 0 Å². The highest BCUT2D eigenvalue weighted by Gasteiger charge is 2.40. The molecular weight excluding hydrogens is 709 g/mol. The zero-order valence-electron chi connectivity index (χ0n) is 31.4. The molecule has 1 unspecified atom stereocenters. The van der Waals surface area contributed by atoms with Crippen molar-refractivity contribution in [2.45, 2.75) is 12.3 Å². The Morgan fingerprint density at radius 3 is 1.67 bits per heavy atom. The standard InChI is InChI=1S/C54H36N2S/c1-54(42-20-6-3-7-21-42)47-24-10-8-22-43(47)44-28-26-39(33-48(44)54)37-17-13-19-41(31-37)50-34-49(55-53(56-50)35-14-4-2-5-15-35)40-18-12-16-36(30-40)38-27-29-52-46(32-38)45-23-9-11-25-51(45)57-52/h2-34H,1H3. The maximum atomic E-state index is 5.21. The molecule has 3 heteroatoms. The summed E-state index contributed by atoms with van der Waals surface area (Å²) in [4.78, 5) is 10.4. The van der Waals surface area contributed by atoms with Gasteiger partial charge in [0.15, 0.2) is 5.82 Å². The van der Waals surface area contributed by atoms with Gasteiger partial charge in [-0.3, -0.25) is 0 Å². The van der Waals surface area contributed by atoms with Crippen molar-refractivity contribution in [1.82, 2.24) is 9.97 Å². The quantitative estimate of drug-likeness (QED) is 0.169. The molecule has 11 rings (SSSR count). The first kappa shape index (κ1) is 33.4. The van der Waals surface area contributed by atoms with E-state index in [0.717, 1.165) is 39.2 Å². The first-order valence-corrected chi connectivity index (χ1v) is 20.3. The van der Waals surface area contributed by atoms with Gasteiger partial charge in [0.25, 0.3) is 0 Å². The molecule has 0 saturated heterocycles. The predicted octanol–water partition coefficient (Wildman–Crippen LogP) is 14.5. The van der Waals surface area contributed by atoms with Crippen LogP contribution < -0.4 is 0 Å². The summed E-state index contributed by atoms with van der Waals surface area (Å²) in [6.07, 6.45) is 0. The third kappa shape index (κ3) is 5.62. The van der Waals surface area contributed by atoms with Crippen LogP contribution in [0.25, 0.3) is 87.5 Å². The van der Waals surface area contributed by atoms with E-state index in [1.807, 2.05) is 29.5 Å². The van der Waals surface area contributed by atoms with E-state index in [4.69, 9.17) is 9.97 Å². The fourth-order valence-corrected chi connectivity index (χ4v) is 9.92. The number of benzene rings is 8. The topological polar surface area (TPSA) is 25.8 Å². The van der Waals surface area contributed by atoms with E-state index in [2.05, 4.69) is 189 Å². The minimum Gasteiger partial charge on any atom is -0.228 e. The van der Waals surface area contributed by atoms with Crippen molar-refractivity contribution in [3.8, 4) is 67.3 Å². The summed E-state index contributed by atoms with van der Waals surface area (Å²) >= 11 is 1.85. The molecule has 2 nitrogen and oxygen atoms in total. The molecule has 10 aromatic rings. The second-order valence-corrected chi connectivity index (χ2v) is 16.2. The monoisotopic (exact) mass is 744 g/mol. The fraction of sp³-hybridized carbons (Fsp3) is 0.0370. The highest BCUT2D eigenvalue weighted by atomic mass is 32.1. The molecule has 2 heterocycles. The Bertz CT molecular complexity index is 3140. The summed E-state index contributed by atoms with van der Waals surface area (Å²) in [7, 11) is 0. The van der Waals surface area contributed by atoms with Crippen LogP contribution in [0.2, 0.25) is 0 Å². The molecule has 1 aliphatic rings. The highest BCUT2D eigenvalue weighted by molar-refractivity contribution is 7.25. The largest absolute Gasteiger partial charge is 0.228 e. The third-order valence-corrected chi connectivity index (χ3v) is 12.9. The van der Waals surface area contributed by atoms with Crippen LogP contribution in [0.5, 0.6) is 0 Å². The average Bonchev–Trinajstić information content (AvgIpc) is 3.79. The van der Waals surface area contributed by atoms with Crippen LogP contribution in [0, 0.1) is 0 Å². The van der Waals surface area contributed by atoms with Gasteiger partial charge in [-0.2, -0.15) is 0 Å². The van der Waals surface area contributed by atoms with Gasteiger partial charge in [0.1, 0.15) is 0 Å². The zero-order chi connectivity index (χ0) is 37.9. The van der Waals surface area contributed by atoms with E-state index in [9.17, 15) is 0 Å². The summed E-state index contributed by atoms with van der Waals surface area (Å²) in [6.45, 7) is 2.37. The SMILES string of the molecule is CC1(c2ccccc2)c2ccccc2-c2ccc(-c3cccc(-c4cc(-c5cccc(-c6ccc7sc8ccccc8c7c6)c5)nc(-c5ccccc5)n4)c3)cc21. The Balaban J connectivity index is 1.01. The number of rotatable bonds is 6. The molecule has 1 aliphatic carbocycles. The smallest absolute Gasteiger partial charge is 0.160 e. The lowest BCUT2D eigenvalue weighted by molar-refractivity contribution is 0.714. The van der Waals surface area contributed by atoms with Crippen molar-refractivity contribution in [1.29, 1.82) is 0 Å². The van der Waals surface area contributed by atoms with Gasteiger partial charge in [0.2, 0.25) is 0 Å². The van der Waals surface area contributed by atoms with Crippen LogP contribution in [0.15, 0.2) is 200 Å². The highest BCUT2D eigenvalue weighted by Crippen LogP contribution is 2.53.